The van der Waals surface area contributed by atoms with Crippen LogP contribution >= 0.6 is 0 Å². The van der Waals surface area contributed by atoms with Crippen molar-refractivity contribution in [3.8, 4) is 0 Å². The fraction of sp³-hybridized carbons (Fsp3) is 0.200. The van der Waals surface area contributed by atoms with E-state index < -0.39 is 23.9 Å². The molecular formula is C25H19F6N3. The van der Waals surface area contributed by atoms with E-state index in [-0.39, 0.29) is 24.4 Å². The SMILES string of the molecule is FC(F)(F)C1(C(F)(F)F)N=C(Cc2ccccc2)N(Cc2ccccc2)C(c2ccccc2)=N1. The normalized spacial score (nSPS) is 16.1. The highest BCUT2D eigenvalue weighted by atomic mass is 19.4. The van der Waals surface area contributed by atoms with Gasteiger partial charge in [0, 0.05) is 12.0 Å². The lowest BCUT2D eigenvalue weighted by Gasteiger charge is -2.39. The zero-order valence-corrected chi connectivity index (χ0v) is 17.7. The summed E-state index contributed by atoms with van der Waals surface area (Å²) in [5.41, 5.74) is -3.29. The van der Waals surface area contributed by atoms with Gasteiger partial charge >= 0.3 is 18.0 Å². The van der Waals surface area contributed by atoms with Gasteiger partial charge in [-0.3, -0.25) is 0 Å². The first-order valence-corrected chi connectivity index (χ1v) is 10.3. The summed E-state index contributed by atoms with van der Waals surface area (Å²) in [6, 6.07) is 24.5. The largest absolute Gasteiger partial charge is 0.443 e. The average molecular weight is 475 g/mol. The van der Waals surface area contributed by atoms with E-state index in [1.54, 1.807) is 66.7 Å². The van der Waals surface area contributed by atoms with Crippen molar-refractivity contribution in [3.05, 3.63) is 108 Å². The molecule has 0 bridgehead atoms. The van der Waals surface area contributed by atoms with Crippen molar-refractivity contribution < 1.29 is 26.3 Å². The van der Waals surface area contributed by atoms with Crippen molar-refractivity contribution in [1.82, 2.24) is 4.90 Å². The highest BCUT2D eigenvalue weighted by Crippen LogP contribution is 2.49. The summed E-state index contributed by atoms with van der Waals surface area (Å²) in [4.78, 5) is 7.94. The molecular weight excluding hydrogens is 456 g/mol. The van der Waals surface area contributed by atoms with E-state index in [0.717, 1.165) is 0 Å². The number of halogens is 6. The number of aliphatic imine (C=N–C) groups is 2. The predicted octanol–water partition coefficient (Wildman–Crippen LogP) is 6.41. The van der Waals surface area contributed by atoms with Crippen LogP contribution in [0.2, 0.25) is 0 Å². The van der Waals surface area contributed by atoms with Crippen LogP contribution in [-0.4, -0.2) is 34.6 Å². The molecule has 0 atom stereocenters. The second-order valence-corrected chi connectivity index (χ2v) is 7.73. The van der Waals surface area contributed by atoms with Gasteiger partial charge < -0.3 is 4.90 Å². The molecule has 0 N–H and O–H groups in total. The number of nitrogens with zero attached hydrogens (tertiary/aromatic N) is 3. The molecule has 0 spiro atoms. The van der Waals surface area contributed by atoms with Gasteiger partial charge in [0.05, 0.1) is 6.54 Å². The van der Waals surface area contributed by atoms with Gasteiger partial charge in [-0.2, -0.15) is 26.3 Å². The van der Waals surface area contributed by atoms with Gasteiger partial charge in [-0.25, -0.2) is 9.98 Å². The Labute approximate surface area is 192 Å². The molecule has 0 amide bonds. The number of hydrogen-bond donors (Lipinski definition) is 0. The molecule has 176 valence electrons. The van der Waals surface area contributed by atoms with Crippen molar-refractivity contribution in [2.45, 2.75) is 31.0 Å². The fourth-order valence-electron chi connectivity index (χ4n) is 3.68. The summed E-state index contributed by atoms with van der Waals surface area (Å²) in [5.74, 6) is -0.821. The Morgan fingerprint density at radius 3 is 1.59 bits per heavy atom. The molecule has 3 aromatic carbocycles. The molecule has 34 heavy (non-hydrogen) atoms. The van der Waals surface area contributed by atoms with Gasteiger partial charge in [-0.05, 0) is 11.1 Å². The second-order valence-electron chi connectivity index (χ2n) is 7.73. The van der Waals surface area contributed by atoms with E-state index >= 15 is 0 Å². The minimum absolute atomic E-state index is 0.00791. The lowest BCUT2D eigenvalue weighted by atomic mass is 10.0. The maximum absolute atomic E-state index is 14.1. The number of benzene rings is 3. The Morgan fingerprint density at radius 2 is 1.09 bits per heavy atom. The molecule has 0 aliphatic carbocycles. The highest BCUT2D eigenvalue weighted by molar-refractivity contribution is 6.11. The van der Waals surface area contributed by atoms with Gasteiger partial charge in [0.1, 0.15) is 11.7 Å². The zero-order valence-electron chi connectivity index (χ0n) is 17.7. The van der Waals surface area contributed by atoms with E-state index in [4.69, 9.17) is 0 Å². The third-order valence-electron chi connectivity index (χ3n) is 5.34. The topological polar surface area (TPSA) is 28.0 Å². The molecule has 1 aliphatic rings. The van der Waals surface area contributed by atoms with E-state index in [0.29, 0.717) is 11.1 Å². The van der Waals surface area contributed by atoms with Crippen LogP contribution in [0, 0.1) is 0 Å². The number of rotatable bonds is 5. The van der Waals surface area contributed by atoms with Gasteiger partial charge in [-0.1, -0.05) is 91.0 Å². The molecule has 3 aromatic rings. The summed E-state index contributed by atoms with van der Waals surface area (Å²) >= 11 is 0. The second kappa shape index (κ2) is 8.96. The van der Waals surface area contributed by atoms with Crippen LogP contribution in [0.3, 0.4) is 0 Å². The average Bonchev–Trinajstić information content (AvgIpc) is 2.80. The molecule has 4 rings (SSSR count). The summed E-state index contributed by atoms with van der Waals surface area (Å²) in [7, 11) is 0. The molecule has 1 aliphatic heterocycles. The molecule has 9 heteroatoms. The third-order valence-corrected chi connectivity index (χ3v) is 5.34. The molecule has 0 unspecified atom stereocenters. The van der Waals surface area contributed by atoms with Crippen LogP contribution < -0.4 is 0 Å². The van der Waals surface area contributed by atoms with Crippen LogP contribution in [-0.2, 0) is 13.0 Å². The van der Waals surface area contributed by atoms with Crippen molar-refractivity contribution in [3.63, 3.8) is 0 Å². The molecule has 3 nitrogen and oxygen atoms in total. The number of hydrogen-bond acceptors (Lipinski definition) is 3. The Kier molecular flexibility index (Phi) is 6.20. The van der Waals surface area contributed by atoms with Crippen LogP contribution in [0.4, 0.5) is 26.3 Å². The van der Waals surface area contributed by atoms with E-state index in [2.05, 4.69) is 9.98 Å². The molecule has 0 fully saturated rings. The standard InChI is InChI=1S/C25H19F6N3/c26-24(27,28)23(25(29,30)31)32-21(16-18-10-4-1-5-11-18)34(17-19-12-6-2-7-13-19)22(33-23)20-14-8-3-9-15-20/h1-15H,16-17H2. The first-order chi connectivity index (χ1) is 16.1. The Balaban J connectivity index is 1.95. The Hall–Kier alpha value is -3.62. The lowest BCUT2D eigenvalue weighted by Crippen LogP contribution is -2.59. The van der Waals surface area contributed by atoms with Crippen LogP contribution in [0.25, 0.3) is 0 Å². The molecule has 0 saturated heterocycles. The third kappa shape index (κ3) is 4.55. The van der Waals surface area contributed by atoms with Gasteiger partial charge in [0.15, 0.2) is 0 Å². The summed E-state index contributed by atoms with van der Waals surface area (Å²) in [6.45, 7) is -0.00791. The Bertz CT molecular complexity index is 1160. The van der Waals surface area contributed by atoms with E-state index in [1.165, 1.54) is 29.2 Å². The fourth-order valence-corrected chi connectivity index (χ4v) is 3.68. The summed E-state index contributed by atoms with van der Waals surface area (Å²) < 4.78 is 84.6. The quantitative estimate of drug-likeness (QED) is 0.392. The van der Waals surface area contributed by atoms with Crippen molar-refractivity contribution in [2.24, 2.45) is 9.98 Å². The molecule has 0 saturated carbocycles. The van der Waals surface area contributed by atoms with Crippen molar-refractivity contribution in [2.75, 3.05) is 0 Å². The van der Waals surface area contributed by atoms with Crippen molar-refractivity contribution in [1.29, 1.82) is 0 Å². The monoisotopic (exact) mass is 475 g/mol. The lowest BCUT2D eigenvalue weighted by molar-refractivity contribution is -0.293. The minimum atomic E-state index is -5.80. The zero-order chi connectivity index (χ0) is 24.4. The maximum atomic E-state index is 14.1. The van der Waals surface area contributed by atoms with Gasteiger partial charge in [-0.15, -0.1) is 0 Å². The number of amidine groups is 2. The van der Waals surface area contributed by atoms with Gasteiger partial charge in [0.25, 0.3) is 0 Å². The van der Waals surface area contributed by atoms with Gasteiger partial charge in [0.2, 0.25) is 0 Å². The molecule has 0 aromatic heterocycles. The summed E-state index contributed by atoms with van der Waals surface area (Å²) in [5, 5.41) is 0. The molecule has 0 radical (unpaired) electrons. The Morgan fingerprint density at radius 1 is 0.618 bits per heavy atom. The maximum Gasteiger partial charge on any atom is 0.443 e. The van der Waals surface area contributed by atoms with Crippen LogP contribution in [0.15, 0.2) is 101 Å². The first kappa shape index (κ1) is 23.5. The van der Waals surface area contributed by atoms with Crippen LogP contribution in [0.1, 0.15) is 16.7 Å². The minimum Gasteiger partial charge on any atom is -0.310 e. The summed E-state index contributed by atoms with van der Waals surface area (Å²) in [6.07, 6.45) is -11.8. The van der Waals surface area contributed by atoms with Crippen LogP contribution in [0.5, 0.6) is 0 Å². The van der Waals surface area contributed by atoms with E-state index in [1.807, 2.05) is 0 Å². The first-order valence-electron chi connectivity index (χ1n) is 10.3. The van der Waals surface area contributed by atoms with E-state index in [9.17, 15) is 26.3 Å². The number of alkyl halides is 6. The highest BCUT2D eigenvalue weighted by Gasteiger charge is 2.73. The predicted molar refractivity (Wildman–Crippen MR) is 117 cm³/mol. The smallest absolute Gasteiger partial charge is 0.310 e. The molecule has 1 heterocycles. The van der Waals surface area contributed by atoms with Crippen molar-refractivity contribution >= 4 is 11.7 Å².